The lowest BCUT2D eigenvalue weighted by atomic mass is 10.0. The van der Waals surface area contributed by atoms with Crippen molar-refractivity contribution in [3.63, 3.8) is 0 Å². The molecule has 2 N–H and O–H groups in total. The van der Waals surface area contributed by atoms with Gasteiger partial charge in [0.1, 0.15) is 0 Å². The van der Waals surface area contributed by atoms with Crippen LogP contribution in [0.4, 0.5) is 16.2 Å². The Bertz CT molecular complexity index is 1070. The summed E-state index contributed by atoms with van der Waals surface area (Å²) in [4.78, 5) is 36.2. The van der Waals surface area contributed by atoms with Crippen molar-refractivity contribution in [2.24, 2.45) is 0 Å². The number of benzene rings is 3. The van der Waals surface area contributed by atoms with E-state index in [9.17, 15) is 14.4 Å². The van der Waals surface area contributed by atoms with Crippen LogP contribution in [0.2, 0.25) is 0 Å². The maximum atomic E-state index is 12.4. The van der Waals surface area contributed by atoms with Crippen LogP contribution in [-0.2, 0) is 14.3 Å². The highest BCUT2D eigenvalue weighted by molar-refractivity contribution is 5.98. The summed E-state index contributed by atoms with van der Waals surface area (Å²) in [6.45, 7) is 1.48. The van der Waals surface area contributed by atoms with Crippen molar-refractivity contribution in [1.82, 2.24) is 0 Å². The maximum Gasteiger partial charge on any atom is 0.411 e. The van der Waals surface area contributed by atoms with Crippen molar-refractivity contribution in [2.45, 2.75) is 6.92 Å². The van der Waals surface area contributed by atoms with Gasteiger partial charge in [0.05, 0.1) is 12.2 Å². The minimum absolute atomic E-state index is 0.201. The lowest BCUT2D eigenvalue weighted by Gasteiger charge is -2.12. The fourth-order valence-corrected chi connectivity index (χ4v) is 2.87. The molecule has 0 aromatic heterocycles. The highest BCUT2D eigenvalue weighted by Crippen LogP contribution is 2.27. The van der Waals surface area contributed by atoms with E-state index in [1.54, 1.807) is 25.1 Å². The lowest BCUT2D eigenvalue weighted by molar-refractivity contribution is -0.119. The largest absolute Gasteiger partial charge is 0.452 e. The Labute approximate surface area is 180 Å². The number of ether oxygens (including phenoxy) is 2. The van der Waals surface area contributed by atoms with Gasteiger partial charge < -0.3 is 14.8 Å². The second-order valence-electron chi connectivity index (χ2n) is 6.46. The van der Waals surface area contributed by atoms with Crippen LogP contribution in [0.5, 0.6) is 0 Å². The molecule has 0 atom stereocenters. The monoisotopic (exact) mass is 418 g/mol. The second kappa shape index (κ2) is 10.6. The predicted octanol–water partition coefficient (Wildman–Crippen LogP) is 4.72. The highest BCUT2D eigenvalue weighted by Gasteiger charge is 2.13. The van der Waals surface area contributed by atoms with Gasteiger partial charge in [-0.05, 0) is 36.8 Å². The van der Waals surface area contributed by atoms with Gasteiger partial charge in [-0.15, -0.1) is 0 Å². The van der Waals surface area contributed by atoms with Crippen molar-refractivity contribution in [3.05, 3.63) is 84.4 Å². The topological polar surface area (TPSA) is 93.7 Å². The summed E-state index contributed by atoms with van der Waals surface area (Å²) < 4.78 is 9.92. The van der Waals surface area contributed by atoms with Crippen LogP contribution in [0.25, 0.3) is 11.1 Å². The van der Waals surface area contributed by atoms with Crippen LogP contribution in [-0.4, -0.2) is 31.2 Å². The number of amides is 2. The predicted molar refractivity (Wildman–Crippen MR) is 118 cm³/mol. The van der Waals surface area contributed by atoms with Gasteiger partial charge >= 0.3 is 12.1 Å². The van der Waals surface area contributed by atoms with Gasteiger partial charge in [-0.3, -0.25) is 10.1 Å². The number of esters is 1. The molecule has 0 fully saturated rings. The molecular formula is C24H22N2O5. The molecule has 2 amide bonds. The molecule has 3 aromatic carbocycles. The summed E-state index contributed by atoms with van der Waals surface area (Å²) in [6.07, 6.45) is -0.621. The quantitative estimate of drug-likeness (QED) is 0.542. The van der Waals surface area contributed by atoms with Crippen LogP contribution in [0.15, 0.2) is 78.9 Å². The molecule has 7 nitrogen and oxygen atoms in total. The molecule has 31 heavy (non-hydrogen) atoms. The van der Waals surface area contributed by atoms with E-state index in [2.05, 4.69) is 10.6 Å². The fourth-order valence-electron chi connectivity index (χ4n) is 2.87. The Morgan fingerprint density at radius 1 is 0.806 bits per heavy atom. The Balaban J connectivity index is 1.60. The summed E-state index contributed by atoms with van der Waals surface area (Å²) in [5, 5.41) is 5.29. The van der Waals surface area contributed by atoms with Crippen molar-refractivity contribution in [1.29, 1.82) is 0 Å². The number of anilines is 2. The van der Waals surface area contributed by atoms with Crippen molar-refractivity contribution in [3.8, 4) is 11.1 Å². The molecule has 0 radical (unpaired) electrons. The average Bonchev–Trinajstić information content (AvgIpc) is 2.79. The molecule has 3 rings (SSSR count). The van der Waals surface area contributed by atoms with Crippen LogP contribution >= 0.6 is 0 Å². The van der Waals surface area contributed by atoms with Crippen LogP contribution in [0.1, 0.15) is 17.3 Å². The Kier molecular flexibility index (Phi) is 7.37. The molecule has 7 heteroatoms. The summed E-state index contributed by atoms with van der Waals surface area (Å²) >= 11 is 0. The molecule has 158 valence electrons. The van der Waals surface area contributed by atoms with Crippen molar-refractivity contribution < 1.29 is 23.9 Å². The molecule has 3 aromatic rings. The fraction of sp³-hybridized carbons (Fsp3) is 0.125. The highest BCUT2D eigenvalue weighted by atomic mass is 16.5. The van der Waals surface area contributed by atoms with E-state index < -0.39 is 24.6 Å². The molecule has 0 spiro atoms. The smallest absolute Gasteiger partial charge is 0.411 e. The number of carbonyl (C=O) groups is 3. The maximum absolute atomic E-state index is 12.4. The zero-order chi connectivity index (χ0) is 22.1. The first-order valence-electron chi connectivity index (χ1n) is 9.72. The van der Waals surface area contributed by atoms with E-state index in [1.807, 2.05) is 48.5 Å². The van der Waals surface area contributed by atoms with Gasteiger partial charge in [-0.25, -0.2) is 9.59 Å². The number of hydrogen-bond donors (Lipinski definition) is 2. The number of hydrogen-bond acceptors (Lipinski definition) is 5. The van der Waals surface area contributed by atoms with Gasteiger partial charge in [0.15, 0.2) is 6.61 Å². The molecule has 0 heterocycles. The van der Waals surface area contributed by atoms with Gasteiger partial charge in [0.2, 0.25) is 0 Å². The van der Waals surface area contributed by atoms with E-state index in [0.717, 1.165) is 11.1 Å². The molecule has 0 unspecified atom stereocenters. The van der Waals surface area contributed by atoms with Gasteiger partial charge in [-0.2, -0.15) is 0 Å². The molecule has 0 aliphatic rings. The van der Waals surface area contributed by atoms with Gasteiger partial charge in [0, 0.05) is 16.9 Å². The lowest BCUT2D eigenvalue weighted by Crippen LogP contribution is -2.21. The minimum atomic E-state index is -0.681. The summed E-state index contributed by atoms with van der Waals surface area (Å²) in [5.74, 6) is -1.14. The zero-order valence-electron chi connectivity index (χ0n) is 17.0. The van der Waals surface area contributed by atoms with Crippen LogP contribution in [0.3, 0.4) is 0 Å². The third kappa shape index (κ3) is 6.17. The Hall–Kier alpha value is -4.13. The van der Waals surface area contributed by atoms with E-state index in [1.165, 1.54) is 12.1 Å². The third-order valence-electron chi connectivity index (χ3n) is 4.24. The van der Waals surface area contributed by atoms with Crippen molar-refractivity contribution in [2.75, 3.05) is 23.8 Å². The average molecular weight is 418 g/mol. The number of para-hydroxylation sites is 1. The third-order valence-corrected chi connectivity index (χ3v) is 4.24. The van der Waals surface area contributed by atoms with Crippen LogP contribution < -0.4 is 10.6 Å². The number of rotatable bonds is 7. The first-order chi connectivity index (χ1) is 15.1. The minimum Gasteiger partial charge on any atom is -0.452 e. The molecule has 0 aliphatic carbocycles. The van der Waals surface area contributed by atoms with E-state index in [0.29, 0.717) is 11.4 Å². The molecule has 0 bridgehead atoms. The van der Waals surface area contributed by atoms with Gasteiger partial charge in [-0.1, -0.05) is 54.6 Å². The normalized spacial score (nSPS) is 10.1. The van der Waals surface area contributed by atoms with Crippen molar-refractivity contribution >= 4 is 29.3 Å². The standard InChI is InChI=1S/C24H22N2O5/c1-2-30-24(29)25-19-12-8-11-18(15-19)23(28)31-16-22(27)26-21-14-7-6-13-20(21)17-9-4-3-5-10-17/h3-15H,2,16H2,1H3,(H,25,29)(H,26,27). The zero-order valence-corrected chi connectivity index (χ0v) is 17.0. The number of carbonyl (C=O) groups excluding carboxylic acids is 3. The number of nitrogens with one attached hydrogen (secondary N) is 2. The van der Waals surface area contributed by atoms with E-state index in [-0.39, 0.29) is 12.2 Å². The first-order valence-corrected chi connectivity index (χ1v) is 9.72. The first kappa shape index (κ1) is 21.6. The van der Waals surface area contributed by atoms with E-state index >= 15 is 0 Å². The molecular weight excluding hydrogens is 396 g/mol. The Morgan fingerprint density at radius 3 is 2.32 bits per heavy atom. The summed E-state index contributed by atoms with van der Waals surface area (Å²) in [5.41, 5.74) is 3.03. The van der Waals surface area contributed by atoms with E-state index in [4.69, 9.17) is 9.47 Å². The summed E-state index contributed by atoms with van der Waals surface area (Å²) in [6, 6.07) is 23.2. The Morgan fingerprint density at radius 2 is 1.55 bits per heavy atom. The molecule has 0 saturated carbocycles. The van der Waals surface area contributed by atoms with Gasteiger partial charge in [0.25, 0.3) is 5.91 Å². The summed E-state index contributed by atoms with van der Waals surface area (Å²) in [7, 11) is 0. The SMILES string of the molecule is CCOC(=O)Nc1cccc(C(=O)OCC(=O)Nc2ccccc2-c2ccccc2)c1. The second-order valence-corrected chi connectivity index (χ2v) is 6.46. The molecule has 0 saturated heterocycles. The van der Waals surface area contributed by atoms with Crippen LogP contribution in [0, 0.1) is 0 Å². The molecule has 0 aliphatic heterocycles.